The Kier molecular flexibility index (Phi) is 4.37. The lowest BCUT2D eigenvalue weighted by Gasteiger charge is -2.18. The summed E-state index contributed by atoms with van der Waals surface area (Å²) < 4.78 is 13.4. The molecule has 110 valence electrons. The zero-order valence-electron chi connectivity index (χ0n) is 11.8. The van der Waals surface area contributed by atoms with E-state index in [1.165, 1.54) is 12.1 Å². The van der Waals surface area contributed by atoms with E-state index < -0.39 is 10.7 Å². The highest BCUT2D eigenvalue weighted by atomic mass is 19.1. The standard InChI is InChI=1S/C15H16FN3O2/c1-18(2)15-6-4-3-5-14(15)17-10-11-7-12(16)9-13(8-11)19(20)21/h3-9,17H,10H2,1-2H3. The van der Waals surface area contributed by atoms with Crippen molar-refractivity contribution in [2.45, 2.75) is 6.54 Å². The fourth-order valence-corrected chi connectivity index (χ4v) is 2.05. The molecule has 0 heterocycles. The van der Waals surface area contributed by atoms with Gasteiger partial charge in [-0.15, -0.1) is 0 Å². The first-order chi connectivity index (χ1) is 9.97. The number of nitrogens with one attached hydrogen (secondary N) is 1. The van der Waals surface area contributed by atoms with E-state index in [9.17, 15) is 14.5 Å². The number of non-ortho nitro benzene ring substituents is 1. The number of nitro groups is 1. The molecule has 0 spiro atoms. The summed E-state index contributed by atoms with van der Waals surface area (Å²) in [7, 11) is 3.85. The molecule has 0 radical (unpaired) electrons. The first-order valence-electron chi connectivity index (χ1n) is 6.41. The van der Waals surface area contributed by atoms with Crippen LogP contribution in [0.15, 0.2) is 42.5 Å². The van der Waals surface area contributed by atoms with Crippen molar-refractivity contribution in [2.75, 3.05) is 24.3 Å². The summed E-state index contributed by atoms with van der Waals surface area (Å²) in [5.74, 6) is -0.609. The molecule has 5 nitrogen and oxygen atoms in total. The molecule has 2 aromatic rings. The van der Waals surface area contributed by atoms with Gasteiger partial charge < -0.3 is 10.2 Å². The Bertz CT molecular complexity index is 659. The van der Waals surface area contributed by atoms with Gasteiger partial charge in [0.1, 0.15) is 5.82 Å². The number of benzene rings is 2. The van der Waals surface area contributed by atoms with E-state index in [0.717, 1.165) is 17.4 Å². The number of halogens is 1. The predicted molar refractivity (Wildman–Crippen MR) is 81.2 cm³/mol. The number of para-hydroxylation sites is 2. The van der Waals surface area contributed by atoms with E-state index in [0.29, 0.717) is 12.1 Å². The Morgan fingerprint density at radius 3 is 2.62 bits per heavy atom. The van der Waals surface area contributed by atoms with E-state index in [1.807, 2.05) is 43.3 Å². The molecular formula is C15H16FN3O2. The molecule has 0 atom stereocenters. The van der Waals surface area contributed by atoms with Crippen LogP contribution in [0.25, 0.3) is 0 Å². The predicted octanol–water partition coefficient (Wildman–Crippen LogP) is 3.41. The largest absolute Gasteiger partial charge is 0.379 e. The average molecular weight is 289 g/mol. The van der Waals surface area contributed by atoms with Crippen LogP contribution >= 0.6 is 0 Å². The van der Waals surface area contributed by atoms with Crippen LogP contribution in [0.3, 0.4) is 0 Å². The molecule has 0 aliphatic rings. The molecule has 1 N–H and O–H groups in total. The number of rotatable bonds is 5. The smallest absolute Gasteiger partial charge is 0.272 e. The van der Waals surface area contributed by atoms with Crippen molar-refractivity contribution in [3.63, 3.8) is 0 Å². The van der Waals surface area contributed by atoms with Gasteiger partial charge >= 0.3 is 0 Å². The Labute approximate surface area is 122 Å². The second-order valence-electron chi connectivity index (χ2n) is 4.84. The lowest BCUT2D eigenvalue weighted by Crippen LogP contribution is -2.12. The molecule has 0 bridgehead atoms. The molecular weight excluding hydrogens is 273 g/mol. The molecule has 0 aromatic heterocycles. The van der Waals surface area contributed by atoms with Crippen molar-refractivity contribution >= 4 is 17.1 Å². The van der Waals surface area contributed by atoms with Crippen molar-refractivity contribution in [1.82, 2.24) is 0 Å². The molecule has 0 saturated carbocycles. The summed E-state index contributed by atoms with van der Waals surface area (Å²) in [5, 5.41) is 13.9. The van der Waals surface area contributed by atoms with Gasteiger partial charge in [0.05, 0.1) is 22.4 Å². The monoisotopic (exact) mass is 289 g/mol. The molecule has 0 unspecified atom stereocenters. The summed E-state index contributed by atoms with van der Waals surface area (Å²) >= 11 is 0. The molecule has 6 heteroatoms. The third kappa shape index (κ3) is 3.68. The van der Waals surface area contributed by atoms with Crippen LogP contribution in [0.1, 0.15) is 5.56 Å². The number of hydrogen-bond acceptors (Lipinski definition) is 4. The Morgan fingerprint density at radius 1 is 1.24 bits per heavy atom. The highest BCUT2D eigenvalue weighted by Crippen LogP contribution is 2.24. The van der Waals surface area contributed by atoms with Gasteiger partial charge in [-0.3, -0.25) is 10.1 Å². The van der Waals surface area contributed by atoms with Gasteiger partial charge in [0, 0.05) is 26.7 Å². The maximum Gasteiger partial charge on any atom is 0.272 e. The third-order valence-electron chi connectivity index (χ3n) is 3.02. The SMILES string of the molecule is CN(C)c1ccccc1NCc1cc(F)cc([N+](=O)[O-])c1. The molecule has 0 fully saturated rings. The minimum absolute atomic E-state index is 0.243. The quantitative estimate of drug-likeness (QED) is 0.677. The molecule has 2 rings (SSSR count). The zero-order valence-corrected chi connectivity index (χ0v) is 11.8. The fourth-order valence-electron chi connectivity index (χ4n) is 2.05. The third-order valence-corrected chi connectivity index (χ3v) is 3.02. The first kappa shape index (κ1) is 14.8. The number of nitro benzene ring substituents is 1. The van der Waals surface area contributed by atoms with Crippen molar-refractivity contribution < 1.29 is 9.31 Å². The highest BCUT2D eigenvalue weighted by molar-refractivity contribution is 5.69. The summed E-state index contributed by atoms with van der Waals surface area (Å²) in [6, 6.07) is 11.3. The van der Waals surface area contributed by atoms with E-state index in [2.05, 4.69) is 5.32 Å². The maximum absolute atomic E-state index is 13.4. The summed E-state index contributed by atoms with van der Waals surface area (Å²) in [6.07, 6.45) is 0. The Morgan fingerprint density at radius 2 is 1.95 bits per heavy atom. The normalized spacial score (nSPS) is 10.2. The van der Waals surface area contributed by atoms with Gasteiger partial charge in [0.15, 0.2) is 0 Å². The molecule has 21 heavy (non-hydrogen) atoms. The molecule has 0 aliphatic carbocycles. The highest BCUT2D eigenvalue weighted by Gasteiger charge is 2.10. The minimum atomic E-state index is -0.609. The second-order valence-corrected chi connectivity index (χ2v) is 4.84. The van der Waals surface area contributed by atoms with Crippen LogP contribution in [-0.4, -0.2) is 19.0 Å². The molecule has 0 saturated heterocycles. The van der Waals surface area contributed by atoms with Crippen LogP contribution in [0.4, 0.5) is 21.5 Å². The lowest BCUT2D eigenvalue weighted by molar-refractivity contribution is -0.385. The van der Waals surface area contributed by atoms with Crippen molar-refractivity contribution in [2.24, 2.45) is 0 Å². The topological polar surface area (TPSA) is 58.4 Å². The van der Waals surface area contributed by atoms with Crippen molar-refractivity contribution in [3.8, 4) is 0 Å². The molecule has 0 amide bonds. The van der Waals surface area contributed by atoms with Crippen molar-refractivity contribution in [3.05, 3.63) is 64.0 Å². The van der Waals surface area contributed by atoms with E-state index in [1.54, 1.807) is 0 Å². The molecule has 2 aromatic carbocycles. The summed E-state index contributed by atoms with van der Waals surface area (Å²) in [4.78, 5) is 12.1. The van der Waals surface area contributed by atoms with E-state index in [4.69, 9.17) is 0 Å². The summed E-state index contributed by atoms with van der Waals surface area (Å²) in [5.41, 5.74) is 2.15. The van der Waals surface area contributed by atoms with E-state index in [-0.39, 0.29) is 5.69 Å². The summed E-state index contributed by atoms with van der Waals surface area (Å²) in [6.45, 7) is 0.309. The fraction of sp³-hybridized carbons (Fsp3) is 0.200. The maximum atomic E-state index is 13.4. The molecule has 0 aliphatic heterocycles. The number of hydrogen-bond donors (Lipinski definition) is 1. The lowest BCUT2D eigenvalue weighted by atomic mass is 10.2. The van der Waals surface area contributed by atoms with Gasteiger partial charge in [0.25, 0.3) is 5.69 Å². The van der Waals surface area contributed by atoms with Gasteiger partial charge in [0.2, 0.25) is 0 Å². The van der Waals surface area contributed by atoms with Crippen LogP contribution in [0.5, 0.6) is 0 Å². The van der Waals surface area contributed by atoms with E-state index >= 15 is 0 Å². The Balaban J connectivity index is 2.19. The van der Waals surface area contributed by atoms with Gasteiger partial charge in [-0.05, 0) is 23.8 Å². The van der Waals surface area contributed by atoms with Gasteiger partial charge in [-0.2, -0.15) is 0 Å². The number of nitrogens with zero attached hydrogens (tertiary/aromatic N) is 2. The minimum Gasteiger partial charge on any atom is -0.379 e. The van der Waals surface area contributed by atoms with Crippen molar-refractivity contribution in [1.29, 1.82) is 0 Å². The van der Waals surface area contributed by atoms with Crippen LogP contribution in [-0.2, 0) is 6.54 Å². The Hall–Kier alpha value is -2.63. The number of anilines is 2. The second kappa shape index (κ2) is 6.21. The average Bonchev–Trinajstić information content (AvgIpc) is 2.44. The van der Waals surface area contributed by atoms with Crippen LogP contribution in [0.2, 0.25) is 0 Å². The van der Waals surface area contributed by atoms with Gasteiger partial charge in [-0.25, -0.2) is 4.39 Å². The first-order valence-corrected chi connectivity index (χ1v) is 6.41. The van der Waals surface area contributed by atoms with Gasteiger partial charge in [-0.1, -0.05) is 12.1 Å². The zero-order chi connectivity index (χ0) is 15.4. The van der Waals surface area contributed by atoms with Crippen LogP contribution in [0, 0.1) is 15.9 Å². The van der Waals surface area contributed by atoms with Crippen LogP contribution < -0.4 is 10.2 Å².